The van der Waals surface area contributed by atoms with E-state index in [1.54, 1.807) is 6.07 Å². The van der Waals surface area contributed by atoms with Gasteiger partial charge in [0.25, 0.3) is 0 Å². The van der Waals surface area contributed by atoms with E-state index in [0.29, 0.717) is 18.0 Å². The van der Waals surface area contributed by atoms with Crippen LogP contribution in [-0.2, 0) is 14.6 Å². The summed E-state index contributed by atoms with van der Waals surface area (Å²) >= 11 is 1.38. The Kier molecular flexibility index (Phi) is 5.16. The predicted molar refractivity (Wildman–Crippen MR) is 92.0 cm³/mol. The van der Waals surface area contributed by atoms with Gasteiger partial charge < -0.3 is 14.5 Å². The van der Waals surface area contributed by atoms with E-state index in [2.05, 4.69) is 10.3 Å². The smallest absolute Gasteiger partial charge is 0.240 e. The Morgan fingerprint density at radius 1 is 1.28 bits per heavy atom. The molecule has 0 bridgehead atoms. The van der Waals surface area contributed by atoms with Gasteiger partial charge in [0.15, 0.2) is 0 Å². The van der Waals surface area contributed by atoms with E-state index >= 15 is 0 Å². The lowest BCUT2D eigenvalue weighted by atomic mass is 10.4. The van der Waals surface area contributed by atoms with Crippen molar-refractivity contribution in [2.45, 2.75) is 9.92 Å². The van der Waals surface area contributed by atoms with E-state index in [1.165, 1.54) is 30.6 Å². The lowest BCUT2D eigenvalue weighted by molar-refractivity contribution is 0.210. The number of sulfone groups is 1. The molecule has 0 unspecified atom stereocenters. The van der Waals surface area contributed by atoms with Crippen molar-refractivity contribution in [2.24, 2.45) is 0 Å². The molecular formula is C16H15FN2O4S2. The third kappa shape index (κ3) is 3.73. The molecule has 0 atom stereocenters. The second kappa shape index (κ2) is 7.34. The summed E-state index contributed by atoms with van der Waals surface area (Å²) in [7, 11) is -2.43. The zero-order chi connectivity index (χ0) is 17.9. The highest BCUT2D eigenvalue weighted by molar-refractivity contribution is 7.91. The number of benzene rings is 1. The number of thiophene rings is 1. The van der Waals surface area contributed by atoms with Crippen molar-refractivity contribution in [1.82, 2.24) is 4.98 Å². The van der Waals surface area contributed by atoms with Crippen LogP contribution in [0.15, 0.2) is 56.1 Å². The Labute approximate surface area is 148 Å². The van der Waals surface area contributed by atoms with Crippen molar-refractivity contribution in [2.75, 3.05) is 25.6 Å². The average Bonchev–Trinajstić information content (AvgIpc) is 3.25. The molecule has 0 amide bonds. The highest BCUT2D eigenvalue weighted by Crippen LogP contribution is 2.33. The number of methoxy groups -OCH3 is 1. The van der Waals surface area contributed by atoms with Crippen LogP contribution >= 0.6 is 11.3 Å². The Bertz CT molecular complexity index is 935. The van der Waals surface area contributed by atoms with Gasteiger partial charge in [0.2, 0.25) is 26.6 Å². The van der Waals surface area contributed by atoms with Crippen LogP contribution in [0.5, 0.6) is 0 Å². The van der Waals surface area contributed by atoms with E-state index in [0.717, 1.165) is 12.1 Å². The average molecular weight is 382 g/mol. The lowest BCUT2D eigenvalue weighted by Crippen LogP contribution is -2.11. The molecule has 2 heterocycles. The number of oxazole rings is 1. The highest BCUT2D eigenvalue weighted by atomic mass is 32.2. The highest BCUT2D eigenvalue weighted by Gasteiger charge is 2.28. The van der Waals surface area contributed by atoms with Crippen LogP contribution in [0.4, 0.5) is 10.3 Å². The van der Waals surface area contributed by atoms with Crippen molar-refractivity contribution < 1.29 is 22.0 Å². The van der Waals surface area contributed by atoms with Gasteiger partial charge in [-0.2, -0.15) is 4.98 Å². The summed E-state index contributed by atoms with van der Waals surface area (Å²) in [5, 5.41) is 4.48. The number of aromatic nitrogens is 1. The van der Waals surface area contributed by atoms with Gasteiger partial charge in [0.1, 0.15) is 5.82 Å². The molecule has 0 aliphatic carbocycles. The number of hydrogen-bond acceptors (Lipinski definition) is 7. The zero-order valence-electron chi connectivity index (χ0n) is 13.2. The predicted octanol–water partition coefficient (Wildman–Crippen LogP) is 3.43. The van der Waals surface area contributed by atoms with Gasteiger partial charge in [-0.25, -0.2) is 12.8 Å². The van der Waals surface area contributed by atoms with Gasteiger partial charge >= 0.3 is 0 Å². The van der Waals surface area contributed by atoms with Crippen LogP contribution in [0.3, 0.4) is 0 Å². The van der Waals surface area contributed by atoms with Crippen LogP contribution in [-0.4, -0.2) is 33.7 Å². The fraction of sp³-hybridized carbons (Fsp3) is 0.188. The number of nitrogens with one attached hydrogen (secondary N) is 1. The molecule has 6 nitrogen and oxygen atoms in total. The molecule has 3 rings (SSSR count). The molecule has 9 heteroatoms. The topological polar surface area (TPSA) is 81.4 Å². The maximum atomic E-state index is 13.1. The molecule has 0 radical (unpaired) electrons. The fourth-order valence-electron chi connectivity index (χ4n) is 2.10. The summed E-state index contributed by atoms with van der Waals surface area (Å²) < 4.78 is 49.4. The molecule has 1 N–H and O–H groups in total. The minimum absolute atomic E-state index is 0.0322. The van der Waals surface area contributed by atoms with Gasteiger partial charge in [0, 0.05) is 13.7 Å². The number of anilines is 1. The summed E-state index contributed by atoms with van der Waals surface area (Å²) in [6.07, 6.45) is 0. The van der Waals surface area contributed by atoms with Crippen molar-refractivity contribution in [3.8, 4) is 10.8 Å². The van der Waals surface area contributed by atoms with Crippen LogP contribution < -0.4 is 5.32 Å². The Hall–Kier alpha value is -2.23. The number of halogens is 1. The van der Waals surface area contributed by atoms with E-state index in [9.17, 15) is 12.8 Å². The summed E-state index contributed by atoms with van der Waals surface area (Å²) in [5.74, 6) is -0.280. The molecule has 0 saturated heterocycles. The molecule has 0 aliphatic heterocycles. The third-order valence-corrected chi connectivity index (χ3v) is 5.83. The van der Waals surface area contributed by atoms with Crippen molar-refractivity contribution in [1.29, 1.82) is 0 Å². The van der Waals surface area contributed by atoms with Crippen LogP contribution in [0.2, 0.25) is 0 Å². The largest absolute Gasteiger partial charge is 0.418 e. The molecule has 132 valence electrons. The normalized spacial score (nSPS) is 11.6. The van der Waals surface area contributed by atoms with Crippen molar-refractivity contribution in [3.63, 3.8) is 0 Å². The van der Waals surface area contributed by atoms with Gasteiger partial charge in [-0.05, 0) is 35.7 Å². The van der Waals surface area contributed by atoms with Crippen molar-refractivity contribution in [3.05, 3.63) is 47.6 Å². The Balaban J connectivity index is 2.04. The van der Waals surface area contributed by atoms with Gasteiger partial charge in [0.05, 0.1) is 16.4 Å². The number of rotatable bonds is 7. The standard InChI is InChI=1S/C16H15FN2O4S2/c1-22-9-8-18-15-16(19-14(23-15)13-3-2-10-24-13)25(20,21)12-6-4-11(17)5-7-12/h2-7,10,18H,8-9H2,1H3. The molecule has 0 spiro atoms. The first-order valence-corrected chi connectivity index (χ1v) is 9.67. The minimum atomic E-state index is -3.96. The quantitative estimate of drug-likeness (QED) is 0.498. The summed E-state index contributed by atoms with van der Waals surface area (Å²) in [5.41, 5.74) is 0. The Morgan fingerprint density at radius 3 is 2.68 bits per heavy atom. The van der Waals surface area contributed by atoms with E-state index in [1.807, 2.05) is 11.4 Å². The molecule has 0 aliphatic rings. The first-order chi connectivity index (χ1) is 12.0. The maximum absolute atomic E-state index is 13.1. The molecule has 3 aromatic rings. The van der Waals surface area contributed by atoms with Crippen LogP contribution in [0.1, 0.15) is 0 Å². The second-order valence-electron chi connectivity index (χ2n) is 5.01. The van der Waals surface area contributed by atoms with Crippen molar-refractivity contribution >= 4 is 27.1 Å². The number of nitrogens with zero attached hydrogens (tertiary/aromatic N) is 1. The number of ether oxygens (including phenoxy) is 1. The van der Waals surface area contributed by atoms with Gasteiger partial charge in [-0.3, -0.25) is 0 Å². The van der Waals surface area contributed by atoms with E-state index in [4.69, 9.17) is 9.15 Å². The van der Waals surface area contributed by atoms with E-state index < -0.39 is 15.7 Å². The molecular weight excluding hydrogens is 367 g/mol. The van der Waals surface area contributed by atoms with Gasteiger partial charge in [-0.1, -0.05) is 6.07 Å². The SMILES string of the molecule is COCCNc1oc(-c2cccs2)nc1S(=O)(=O)c1ccc(F)cc1. The summed E-state index contributed by atoms with van der Waals surface area (Å²) in [6, 6.07) is 8.17. The fourth-order valence-corrected chi connectivity index (χ4v) is 4.03. The maximum Gasteiger partial charge on any atom is 0.240 e. The molecule has 2 aromatic heterocycles. The minimum Gasteiger partial charge on any atom is -0.418 e. The third-order valence-electron chi connectivity index (χ3n) is 3.30. The van der Waals surface area contributed by atoms with Crippen LogP contribution in [0, 0.1) is 5.82 Å². The van der Waals surface area contributed by atoms with Crippen LogP contribution in [0.25, 0.3) is 10.8 Å². The molecule has 0 saturated carbocycles. The number of hydrogen-bond donors (Lipinski definition) is 1. The second-order valence-corrected chi connectivity index (χ2v) is 7.82. The lowest BCUT2D eigenvalue weighted by Gasteiger charge is -2.05. The monoisotopic (exact) mass is 382 g/mol. The molecule has 0 fully saturated rings. The summed E-state index contributed by atoms with van der Waals surface area (Å²) in [6.45, 7) is 0.715. The zero-order valence-corrected chi connectivity index (χ0v) is 14.9. The molecule has 1 aromatic carbocycles. The first kappa shape index (κ1) is 17.6. The first-order valence-electron chi connectivity index (χ1n) is 7.30. The Morgan fingerprint density at radius 2 is 2.04 bits per heavy atom. The molecule has 25 heavy (non-hydrogen) atoms. The van der Waals surface area contributed by atoms with E-state index in [-0.39, 0.29) is 21.7 Å². The summed E-state index contributed by atoms with van der Waals surface area (Å²) in [4.78, 5) is 4.80. The van der Waals surface area contributed by atoms with Gasteiger partial charge in [-0.15, -0.1) is 11.3 Å².